The van der Waals surface area contributed by atoms with Gasteiger partial charge in [0.05, 0.1) is 6.04 Å². The molecular weight excluding hydrogens is 148 g/mol. The van der Waals surface area contributed by atoms with Crippen molar-refractivity contribution in [2.24, 2.45) is 5.92 Å². The molecule has 12 heavy (non-hydrogen) atoms. The van der Waals surface area contributed by atoms with Crippen molar-refractivity contribution in [3.8, 4) is 0 Å². The van der Waals surface area contributed by atoms with E-state index in [1.807, 2.05) is 0 Å². The first-order valence-corrected chi connectivity index (χ1v) is 4.52. The lowest BCUT2D eigenvalue weighted by Crippen LogP contribution is -2.37. The summed E-state index contributed by atoms with van der Waals surface area (Å²) in [4.78, 5) is 0. The zero-order valence-corrected chi connectivity index (χ0v) is 6.88. The van der Waals surface area contributed by atoms with Gasteiger partial charge in [-0.3, -0.25) is 0 Å². The van der Waals surface area contributed by atoms with E-state index in [4.69, 9.17) is 0 Å². The molecule has 62 valence electrons. The summed E-state index contributed by atoms with van der Waals surface area (Å²) in [5.41, 5.74) is 2.96. The van der Waals surface area contributed by atoms with Gasteiger partial charge in [0.15, 0.2) is 0 Å². The normalized spacial score (nSPS) is 36.0. The highest BCUT2D eigenvalue weighted by Gasteiger charge is 2.34. The van der Waals surface area contributed by atoms with Gasteiger partial charge in [0.1, 0.15) is 0 Å². The molecule has 2 heteroatoms. The van der Waals surface area contributed by atoms with E-state index in [0.29, 0.717) is 12.0 Å². The van der Waals surface area contributed by atoms with Crippen LogP contribution < -0.4 is 10.6 Å². The molecule has 1 saturated heterocycles. The molecule has 0 radical (unpaired) electrons. The summed E-state index contributed by atoms with van der Waals surface area (Å²) in [5, 5.41) is 6.85. The third-order valence-corrected chi connectivity index (χ3v) is 2.89. The van der Waals surface area contributed by atoms with E-state index in [1.165, 1.54) is 12.1 Å². The highest BCUT2D eigenvalue weighted by atomic mass is 15.0. The summed E-state index contributed by atoms with van der Waals surface area (Å²) < 4.78 is 0. The van der Waals surface area contributed by atoms with E-state index in [2.05, 4.69) is 35.1 Å². The van der Waals surface area contributed by atoms with Gasteiger partial charge in [-0.2, -0.15) is 0 Å². The van der Waals surface area contributed by atoms with Crippen molar-refractivity contribution in [2.45, 2.75) is 12.5 Å². The smallest absolute Gasteiger partial charge is 0.0562 e. The molecule has 1 fully saturated rings. The Labute approximate surface area is 72.0 Å². The minimum absolute atomic E-state index is 0.521. The van der Waals surface area contributed by atoms with E-state index in [-0.39, 0.29) is 0 Å². The number of hydrogen-bond acceptors (Lipinski definition) is 2. The zero-order valence-electron chi connectivity index (χ0n) is 6.88. The van der Waals surface area contributed by atoms with Gasteiger partial charge in [-0.25, -0.2) is 0 Å². The Hall–Kier alpha value is -1.18. The van der Waals surface area contributed by atoms with Crippen molar-refractivity contribution in [2.75, 3.05) is 6.54 Å². The van der Waals surface area contributed by atoms with Crippen molar-refractivity contribution in [3.05, 3.63) is 35.7 Å². The Balaban J connectivity index is 2.05. The van der Waals surface area contributed by atoms with Crippen molar-refractivity contribution < 1.29 is 0 Å². The predicted molar refractivity (Wildman–Crippen MR) is 48.3 cm³/mol. The lowest BCUT2D eigenvalue weighted by Gasteiger charge is -2.30. The first-order chi connectivity index (χ1) is 5.95. The topological polar surface area (TPSA) is 24.1 Å². The van der Waals surface area contributed by atoms with Crippen LogP contribution in [0.5, 0.6) is 0 Å². The van der Waals surface area contributed by atoms with Crippen LogP contribution in [0.1, 0.15) is 6.42 Å². The summed E-state index contributed by atoms with van der Waals surface area (Å²) in [6.45, 7) is 1.09. The van der Waals surface area contributed by atoms with Crippen molar-refractivity contribution in [1.29, 1.82) is 0 Å². The molecule has 2 N–H and O–H groups in total. The molecule has 0 spiro atoms. The van der Waals surface area contributed by atoms with E-state index < -0.39 is 0 Å². The van der Waals surface area contributed by atoms with Crippen LogP contribution >= 0.6 is 0 Å². The van der Waals surface area contributed by atoms with Crippen LogP contribution in [0, 0.1) is 5.92 Å². The van der Waals surface area contributed by atoms with Gasteiger partial charge in [0.2, 0.25) is 0 Å². The van der Waals surface area contributed by atoms with Crippen molar-refractivity contribution in [3.63, 3.8) is 0 Å². The maximum Gasteiger partial charge on any atom is 0.0562 e. The molecule has 2 heterocycles. The Kier molecular flexibility index (Phi) is 1.14. The van der Waals surface area contributed by atoms with Gasteiger partial charge in [0, 0.05) is 18.2 Å². The molecule has 0 bridgehead atoms. The molecule has 0 saturated carbocycles. The molecule has 0 aromatic carbocycles. The highest BCUT2D eigenvalue weighted by Crippen LogP contribution is 2.34. The minimum atomic E-state index is 0.521. The van der Waals surface area contributed by atoms with Gasteiger partial charge in [0.25, 0.3) is 0 Å². The van der Waals surface area contributed by atoms with Crippen molar-refractivity contribution in [1.82, 2.24) is 10.6 Å². The standard InChI is InChI=1S/C10H12N2/c1-2-8-10-7(4-5-11-8)6-12-9(10)3-1/h1-3,6,9-12H,4-5H2. The Bertz CT molecular complexity index is 299. The van der Waals surface area contributed by atoms with Crippen LogP contribution in [0.3, 0.4) is 0 Å². The maximum atomic E-state index is 3.45. The summed E-state index contributed by atoms with van der Waals surface area (Å²) in [6, 6.07) is 0.521. The largest absolute Gasteiger partial charge is 0.387 e. The van der Waals surface area contributed by atoms with Crippen LogP contribution in [0.25, 0.3) is 0 Å². The Morgan fingerprint density at radius 1 is 1.42 bits per heavy atom. The number of allylic oxidation sites excluding steroid dienone is 2. The van der Waals surface area contributed by atoms with E-state index in [1.54, 1.807) is 5.57 Å². The van der Waals surface area contributed by atoms with Gasteiger partial charge in [-0.1, -0.05) is 12.2 Å². The number of piperidine rings is 1. The van der Waals surface area contributed by atoms with Gasteiger partial charge in [-0.05, 0) is 24.3 Å². The van der Waals surface area contributed by atoms with Crippen LogP contribution in [0.15, 0.2) is 35.7 Å². The zero-order chi connectivity index (χ0) is 7.97. The molecule has 1 aliphatic carbocycles. The first-order valence-electron chi connectivity index (χ1n) is 4.52. The summed E-state index contributed by atoms with van der Waals surface area (Å²) in [6.07, 6.45) is 9.96. The molecule has 0 aromatic heterocycles. The molecule has 0 amide bonds. The lowest BCUT2D eigenvalue weighted by atomic mass is 9.84. The second-order valence-corrected chi connectivity index (χ2v) is 3.57. The summed E-state index contributed by atoms with van der Waals surface area (Å²) >= 11 is 0. The second kappa shape index (κ2) is 2.16. The van der Waals surface area contributed by atoms with Crippen LogP contribution in [0.4, 0.5) is 0 Å². The fourth-order valence-corrected chi connectivity index (χ4v) is 2.31. The van der Waals surface area contributed by atoms with Crippen LogP contribution in [0.2, 0.25) is 0 Å². The molecule has 2 atom stereocenters. The minimum Gasteiger partial charge on any atom is -0.387 e. The fourth-order valence-electron chi connectivity index (χ4n) is 2.31. The quantitative estimate of drug-likeness (QED) is 0.550. The van der Waals surface area contributed by atoms with E-state index >= 15 is 0 Å². The molecule has 3 aliphatic rings. The highest BCUT2D eigenvalue weighted by molar-refractivity contribution is 5.38. The SMILES string of the molecule is C1=CC2NC=C3CCNC(=C1)C32. The third kappa shape index (κ3) is 0.697. The summed E-state index contributed by atoms with van der Waals surface area (Å²) in [7, 11) is 0. The molecule has 3 rings (SSSR count). The van der Waals surface area contributed by atoms with Gasteiger partial charge < -0.3 is 10.6 Å². The third-order valence-electron chi connectivity index (χ3n) is 2.89. The van der Waals surface area contributed by atoms with Gasteiger partial charge >= 0.3 is 0 Å². The van der Waals surface area contributed by atoms with Crippen molar-refractivity contribution >= 4 is 0 Å². The van der Waals surface area contributed by atoms with E-state index in [0.717, 1.165) is 6.54 Å². The first kappa shape index (κ1) is 6.35. The Morgan fingerprint density at radius 3 is 3.42 bits per heavy atom. The second-order valence-electron chi connectivity index (χ2n) is 3.57. The van der Waals surface area contributed by atoms with Crippen LogP contribution in [-0.2, 0) is 0 Å². The van der Waals surface area contributed by atoms with E-state index in [9.17, 15) is 0 Å². The average Bonchev–Trinajstić information content (AvgIpc) is 2.52. The molecule has 2 aliphatic heterocycles. The number of hydrogen-bond donors (Lipinski definition) is 2. The molecule has 2 nitrogen and oxygen atoms in total. The molecule has 2 unspecified atom stereocenters. The predicted octanol–water partition coefficient (Wildman–Crippen LogP) is 0.905. The van der Waals surface area contributed by atoms with Gasteiger partial charge in [-0.15, -0.1) is 0 Å². The number of rotatable bonds is 0. The number of nitrogens with one attached hydrogen (secondary N) is 2. The Morgan fingerprint density at radius 2 is 2.42 bits per heavy atom. The molecule has 0 aromatic rings. The maximum absolute atomic E-state index is 3.45. The monoisotopic (exact) mass is 160 g/mol. The lowest BCUT2D eigenvalue weighted by molar-refractivity contribution is 0.510. The van der Waals surface area contributed by atoms with Crippen LogP contribution in [-0.4, -0.2) is 12.6 Å². The molecular formula is C10H12N2. The average molecular weight is 160 g/mol. The summed E-state index contributed by atoms with van der Waals surface area (Å²) in [5.74, 6) is 0.615. The fraction of sp³-hybridized carbons (Fsp3) is 0.400.